The Hall–Kier alpha value is -1.14. The first-order valence-electron chi connectivity index (χ1n) is 6.82. The van der Waals surface area contributed by atoms with Crippen LogP contribution in [-0.4, -0.2) is 52.3 Å². The highest BCUT2D eigenvalue weighted by Crippen LogP contribution is 2.30. The lowest BCUT2D eigenvalue weighted by Crippen LogP contribution is -2.32. The summed E-state index contributed by atoms with van der Waals surface area (Å²) in [7, 11) is 0. The first kappa shape index (κ1) is 12.9. The average molecular weight is 284 g/mol. The Bertz CT molecular complexity index is 448. The molecule has 1 N–H and O–H groups in total. The predicted octanol–water partition coefficient (Wildman–Crippen LogP) is 1.09. The van der Waals surface area contributed by atoms with Crippen LogP contribution < -0.4 is 9.80 Å². The zero-order valence-electron chi connectivity index (χ0n) is 10.8. The Labute approximate surface area is 117 Å². The molecule has 1 aromatic heterocycles. The van der Waals surface area contributed by atoms with E-state index in [1.165, 1.54) is 12.8 Å². The summed E-state index contributed by atoms with van der Waals surface area (Å²) in [5, 5.41) is 9.40. The lowest BCUT2D eigenvalue weighted by Gasteiger charge is -2.23. The van der Waals surface area contributed by atoms with Crippen molar-refractivity contribution in [1.29, 1.82) is 0 Å². The third-order valence-electron chi connectivity index (χ3n) is 3.56. The molecule has 0 unspecified atom stereocenters. The normalized spacial score (nSPS) is 18.9. The predicted molar refractivity (Wildman–Crippen MR) is 73.7 cm³/mol. The summed E-state index contributed by atoms with van der Waals surface area (Å²) in [5.41, 5.74) is 0. The second-order valence-electron chi connectivity index (χ2n) is 5.05. The molecule has 1 aromatic rings. The number of hydrogen-bond donors (Lipinski definition) is 1. The highest BCUT2D eigenvalue weighted by atomic mass is 35.5. The molecule has 104 valence electrons. The van der Waals surface area contributed by atoms with Gasteiger partial charge in [0.05, 0.1) is 6.61 Å². The van der Waals surface area contributed by atoms with Crippen LogP contribution in [0.4, 0.5) is 11.9 Å². The monoisotopic (exact) mass is 283 g/mol. The SMILES string of the molecule is OCCN(c1nc(Cl)nc(N2CCCC2)n1)C1CC1. The molecule has 1 saturated heterocycles. The second-order valence-corrected chi connectivity index (χ2v) is 5.38. The highest BCUT2D eigenvalue weighted by Gasteiger charge is 2.31. The molecule has 1 saturated carbocycles. The summed E-state index contributed by atoms with van der Waals surface area (Å²) < 4.78 is 0. The maximum atomic E-state index is 9.17. The standard InChI is InChI=1S/C12H18ClN5O/c13-10-14-11(17-5-1-2-6-17)16-12(15-10)18(7-8-19)9-3-4-9/h9,19H,1-8H2. The fraction of sp³-hybridized carbons (Fsp3) is 0.750. The van der Waals surface area contributed by atoms with E-state index in [2.05, 4.69) is 19.9 Å². The van der Waals surface area contributed by atoms with E-state index < -0.39 is 0 Å². The van der Waals surface area contributed by atoms with Gasteiger partial charge in [-0.3, -0.25) is 0 Å². The van der Waals surface area contributed by atoms with Crippen LogP contribution in [0.3, 0.4) is 0 Å². The molecule has 0 spiro atoms. The number of hydrogen-bond acceptors (Lipinski definition) is 6. The molecular formula is C12H18ClN5O. The van der Waals surface area contributed by atoms with Gasteiger partial charge in [0, 0.05) is 25.7 Å². The van der Waals surface area contributed by atoms with Gasteiger partial charge in [-0.2, -0.15) is 15.0 Å². The molecule has 1 aliphatic carbocycles. The molecule has 2 heterocycles. The Morgan fingerprint density at radius 2 is 1.95 bits per heavy atom. The minimum Gasteiger partial charge on any atom is -0.395 e. The van der Waals surface area contributed by atoms with Crippen LogP contribution in [0.5, 0.6) is 0 Å². The van der Waals surface area contributed by atoms with Gasteiger partial charge in [-0.1, -0.05) is 0 Å². The van der Waals surface area contributed by atoms with Crippen molar-refractivity contribution >= 4 is 23.5 Å². The lowest BCUT2D eigenvalue weighted by atomic mass is 10.4. The van der Waals surface area contributed by atoms with Gasteiger partial charge in [-0.15, -0.1) is 0 Å². The Morgan fingerprint density at radius 3 is 2.58 bits per heavy atom. The first-order chi connectivity index (χ1) is 9.28. The van der Waals surface area contributed by atoms with Gasteiger partial charge in [0.1, 0.15) is 0 Å². The van der Waals surface area contributed by atoms with E-state index in [0.29, 0.717) is 24.5 Å². The van der Waals surface area contributed by atoms with Gasteiger partial charge in [-0.25, -0.2) is 0 Å². The van der Waals surface area contributed by atoms with Crippen molar-refractivity contribution in [3.63, 3.8) is 0 Å². The summed E-state index contributed by atoms with van der Waals surface area (Å²) in [6.07, 6.45) is 4.59. The molecule has 0 aromatic carbocycles. The molecule has 0 amide bonds. The largest absolute Gasteiger partial charge is 0.395 e. The Kier molecular flexibility index (Phi) is 3.70. The van der Waals surface area contributed by atoms with Crippen molar-refractivity contribution in [2.45, 2.75) is 31.7 Å². The van der Waals surface area contributed by atoms with Crippen LogP contribution in [0, 0.1) is 0 Å². The van der Waals surface area contributed by atoms with Crippen LogP contribution in [0.15, 0.2) is 0 Å². The number of aliphatic hydroxyl groups excluding tert-OH is 1. The zero-order valence-corrected chi connectivity index (χ0v) is 11.6. The molecule has 3 rings (SSSR count). The Balaban J connectivity index is 1.86. The number of aromatic nitrogens is 3. The van der Waals surface area contributed by atoms with Gasteiger partial charge in [-0.05, 0) is 37.3 Å². The number of aliphatic hydroxyl groups is 1. The topological polar surface area (TPSA) is 65.4 Å². The highest BCUT2D eigenvalue weighted by molar-refractivity contribution is 6.28. The second kappa shape index (κ2) is 5.46. The molecule has 0 radical (unpaired) electrons. The summed E-state index contributed by atoms with van der Waals surface area (Å²) >= 11 is 6.02. The average Bonchev–Trinajstić information content (AvgIpc) is 3.08. The van der Waals surface area contributed by atoms with Crippen molar-refractivity contribution in [2.75, 3.05) is 36.0 Å². The van der Waals surface area contributed by atoms with Gasteiger partial charge in [0.2, 0.25) is 17.2 Å². The Morgan fingerprint density at radius 1 is 1.21 bits per heavy atom. The maximum absolute atomic E-state index is 9.17. The van der Waals surface area contributed by atoms with Crippen molar-refractivity contribution in [2.24, 2.45) is 0 Å². The smallest absolute Gasteiger partial charge is 0.231 e. The van der Waals surface area contributed by atoms with Gasteiger partial charge >= 0.3 is 0 Å². The van der Waals surface area contributed by atoms with E-state index in [0.717, 1.165) is 25.9 Å². The van der Waals surface area contributed by atoms with Crippen LogP contribution in [0.2, 0.25) is 5.28 Å². The van der Waals surface area contributed by atoms with Gasteiger partial charge in [0.25, 0.3) is 0 Å². The van der Waals surface area contributed by atoms with Crippen LogP contribution in [0.1, 0.15) is 25.7 Å². The van der Waals surface area contributed by atoms with Crippen molar-refractivity contribution in [3.8, 4) is 0 Å². The van der Waals surface area contributed by atoms with E-state index in [1.54, 1.807) is 0 Å². The van der Waals surface area contributed by atoms with E-state index in [-0.39, 0.29) is 11.9 Å². The summed E-state index contributed by atoms with van der Waals surface area (Å²) in [6, 6.07) is 0.442. The number of nitrogens with zero attached hydrogens (tertiary/aromatic N) is 5. The quantitative estimate of drug-likeness (QED) is 0.873. The van der Waals surface area contributed by atoms with E-state index in [9.17, 15) is 0 Å². The molecule has 0 bridgehead atoms. The minimum atomic E-state index is 0.0961. The van der Waals surface area contributed by atoms with Crippen molar-refractivity contribution in [1.82, 2.24) is 15.0 Å². The maximum Gasteiger partial charge on any atom is 0.231 e. The molecule has 2 fully saturated rings. The first-order valence-corrected chi connectivity index (χ1v) is 7.20. The van der Waals surface area contributed by atoms with Crippen molar-refractivity contribution in [3.05, 3.63) is 5.28 Å². The molecule has 19 heavy (non-hydrogen) atoms. The fourth-order valence-electron chi connectivity index (χ4n) is 2.46. The summed E-state index contributed by atoms with van der Waals surface area (Å²) in [5.74, 6) is 1.26. The van der Waals surface area contributed by atoms with E-state index in [4.69, 9.17) is 16.7 Å². The third kappa shape index (κ3) is 2.90. The number of anilines is 2. The molecule has 6 nitrogen and oxygen atoms in total. The molecule has 1 aliphatic heterocycles. The molecule has 0 atom stereocenters. The van der Waals surface area contributed by atoms with E-state index in [1.807, 2.05) is 4.90 Å². The molecular weight excluding hydrogens is 266 g/mol. The minimum absolute atomic E-state index is 0.0961. The van der Waals surface area contributed by atoms with Crippen LogP contribution >= 0.6 is 11.6 Å². The molecule has 2 aliphatic rings. The van der Waals surface area contributed by atoms with Gasteiger partial charge < -0.3 is 14.9 Å². The fourth-order valence-corrected chi connectivity index (χ4v) is 2.61. The third-order valence-corrected chi connectivity index (χ3v) is 3.73. The zero-order chi connectivity index (χ0) is 13.2. The summed E-state index contributed by atoms with van der Waals surface area (Å²) in [4.78, 5) is 17.1. The number of halogens is 1. The van der Waals surface area contributed by atoms with Crippen LogP contribution in [-0.2, 0) is 0 Å². The van der Waals surface area contributed by atoms with Gasteiger partial charge in [0.15, 0.2) is 0 Å². The summed E-state index contributed by atoms with van der Waals surface area (Å²) in [6.45, 7) is 2.59. The van der Waals surface area contributed by atoms with E-state index >= 15 is 0 Å². The number of rotatable bonds is 5. The lowest BCUT2D eigenvalue weighted by molar-refractivity contribution is 0.300. The van der Waals surface area contributed by atoms with Crippen molar-refractivity contribution < 1.29 is 5.11 Å². The van der Waals surface area contributed by atoms with Crippen LogP contribution in [0.25, 0.3) is 0 Å². The molecule has 7 heteroatoms.